The highest BCUT2D eigenvalue weighted by molar-refractivity contribution is 7.84. The predicted octanol–water partition coefficient (Wildman–Crippen LogP) is 3.03. The third-order valence-electron chi connectivity index (χ3n) is 4.60. The molecule has 1 atom stereocenters. The number of aromatic nitrogens is 3. The number of aromatic amines is 1. The van der Waals surface area contributed by atoms with E-state index < -0.39 is 21.9 Å². The first-order valence-corrected chi connectivity index (χ1v) is 10.9. The van der Waals surface area contributed by atoms with Crippen molar-refractivity contribution in [1.29, 1.82) is 0 Å². The molecule has 0 saturated heterocycles. The van der Waals surface area contributed by atoms with Crippen molar-refractivity contribution < 1.29 is 23.7 Å². The Balaban J connectivity index is 1.66. The topological polar surface area (TPSA) is 137 Å². The summed E-state index contributed by atoms with van der Waals surface area (Å²) in [7, 11) is -1.42. The van der Waals surface area contributed by atoms with E-state index in [1.165, 1.54) is 0 Å². The SMILES string of the molecule is Cc1cc2[nH]c(S(=O)Cc3ncccc3C)nc2cc1C(=O)OCCCCO[N+](=O)[O-]. The van der Waals surface area contributed by atoms with Crippen molar-refractivity contribution in [3.63, 3.8) is 0 Å². The Bertz CT molecular complexity index is 1130. The van der Waals surface area contributed by atoms with Gasteiger partial charge in [-0.3, -0.25) is 9.19 Å². The van der Waals surface area contributed by atoms with Gasteiger partial charge in [0.1, 0.15) is 0 Å². The lowest BCUT2D eigenvalue weighted by Gasteiger charge is -2.07. The zero-order valence-corrected chi connectivity index (χ0v) is 17.9. The summed E-state index contributed by atoms with van der Waals surface area (Å²) >= 11 is 0. The van der Waals surface area contributed by atoms with Crippen LogP contribution in [0.25, 0.3) is 11.0 Å². The van der Waals surface area contributed by atoms with E-state index in [-0.39, 0.29) is 19.0 Å². The molecule has 3 aromatic rings. The van der Waals surface area contributed by atoms with Gasteiger partial charge in [-0.05, 0) is 56.0 Å². The van der Waals surface area contributed by atoms with Crippen molar-refractivity contribution in [2.75, 3.05) is 13.2 Å². The first-order valence-electron chi connectivity index (χ1n) is 9.59. The number of imidazole rings is 1. The van der Waals surface area contributed by atoms with E-state index in [1.54, 1.807) is 25.3 Å². The number of nitrogens with zero attached hydrogens (tertiary/aromatic N) is 3. The molecule has 10 nitrogen and oxygen atoms in total. The lowest BCUT2D eigenvalue weighted by Crippen LogP contribution is -2.09. The number of rotatable bonds is 10. The molecule has 1 unspecified atom stereocenters. The van der Waals surface area contributed by atoms with E-state index in [4.69, 9.17) is 4.74 Å². The molecule has 0 aliphatic rings. The van der Waals surface area contributed by atoms with Crippen LogP contribution < -0.4 is 0 Å². The number of fused-ring (bicyclic) bond motifs is 1. The van der Waals surface area contributed by atoms with Crippen LogP contribution in [0.15, 0.2) is 35.6 Å². The second-order valence-corrected chi connectivity index (χ2v) is 8.25. The first kappa shape index (κ1) is 22.3. The summed E-state index contributed by atoms with van der Waals surface area (Å²) in [6.45, 7) is 3.77. The summed E-state index contributed by atoms with van der Waals surface area (Å²) in [5, 5.41) is 9.55. The molecule has 0 amide bonds. The number of benzene rings is 1. The summed E-state index contributed by atoms with van der Waals surface area (Å²) in [5.41, 5.74) is 3.93. The van der Waals surface area contributed by atoms with Crippen LogP contribution in [0.1, 0.15) is 40.0 Å². The van der Waals surface area contributed by atoms with Crippen LogP contribution in [-0.4, -0.2) is 43.4 Å². The number of pyridine rings is 1. The number of unbranched alkanes of at least 4 members (excludes halogenated alkanes) is 1. The van der Waals surface area contributed by atoms with Crippen molar-refractivity contribution in [3.8, 4) is 0 Å². The number of carbonyl (C=O) groups excluding carboxylic acids is 1. The van der Waals surface area contributed by atoms with Gasteiger partial charge >= 0.3 is 5.97 Å². The van der Waals surface area contributed by atoms with Crippen LogP contribution >= 0.6 is 0 Å². The number of H-pyrrole nitrogens is 1. The van der Waals surface area contributed by atoms with Crippen molar-refractivity contribution >= 4 is 27.8 Å². The van der Waals surface area contributed by atoms with Gasteiger partial charge < -0.3 is 14.6 Å². The minimum absolute atomic E-state index is 0.0409. The number of esters is 1. The van der Waals surface area contributed by atoms with Gasteiger partial charge in [0.15, 0.2) is 5.16 Å². The maximum atomic E-state index is 12.7. The second kappa shape index (κ2) is 10.1. The molecular weight excluding hydrogens is 424 g/mol. The monoisotopic (exact) mass is 446 g/mol. The molecular formula is C20H22N4O6S. The molecule has 3 rings (SSSR count). The molecule has 0 aliphatic heterocycles. The first-order chi connectivity index (χ1) is 14.8. The highest BCUT2D eigenvalue weighted by atomic mass is 32.2. The van der Waals surface area contributed by atoms with Gasteiger partial charge in [0.05, 0.1) is 52.1 Å². The van der Waals surface area contributed by atoms with Crippen LogP contribution in [0.5, 0.6) is 0 Å². The molecule has 0 saturated carbocycles. The van der Waals surface area contributed by atoms with Gasteiger partial charge in [-0.15, -0.1) is 10.1 Å². The van der Waals surface area contributed by atoms with Crippen molar-refractivity contribution in [2.45, 2.75) is 37.6 Å². The molecule has 0 fully saturated rings. The normalized spacial score (nSPS) is 11.9. The molecule has 2 heterocycles. The molecule has 164 valence electrons. The molecule has 0 spiro atoms. The average Bonchev–Trinajstić information content (AvgIpc) is 3.14. The van der Waals surface area contributed by atoms with Crippen LogP contribution in [0, 0.1) is 24.0 Å². The van der Waals surface area contributed by atoms with Crippen molar-refractivity contribution in [3.05, 3.63) is 63.0 Å². The van der Waals surface area contributed by atoms with Crippen molar-refractivity contribution in [2.24, 2.45) is 0 Å². The third-order valence-corrected chi connectivity index (χ3v) is 5.76. The zero-order chi connectivity index (χ0) is 22.4. The number of hydrogen-bond acceptors (Lipinski definition) is 8. The van der Waals surface area contributed by atoms with Crippen molar-refractivity contribution in [1.82, 2.24) is 15.0 Å². The Morgan fingerprint density at radius 1 is 1.23 bits per heavy atom. The number of hydrogen-bond donors (Lipinski definition) is 1. The third kappa shape index (κ3) is 5.85. The molecule has 1 aromatic carbocycles. The quantitative estimate of drug-likeness (QED) is 0.217. The molecule has 1 N–H and O–H groups in total. The van der Waals surface area contributed by atoms with Gasteiger partial charge in [0.25, 0.3) is 5.09 Å². The Labute approximate surface area is 180 Å². The van der Waals surface area contributed by atoms with E-state index in [1.807, 2.05) is 19.1 Å². The predicted molar refractivity (Wildman–Crippen MR) is 112 cm³/mol. The summed E-state index contributed by atoms with van der Waals surface area (Å²) in [6.07, 6.45) is 2.50. The number of nitrogens with one attached hydrogen (secondary N) is 1. The van der Waals surface area contributed by atoms with Gasteiger partial charge in [0, 0.05) is 6.20 Å². The fourth-order valence-electron chi connectivity index (χ4n) is 2.92. The van der Waals surface area contributed by atoms with E-state index in [9.17, 15) is 19.1 Å². The maximum Gasteiger partial charge on any atom is 0.338 e. The highest BCUT2D eigenvalue weighted by Gasteiger charge is 2.17. The molecule has 2 aromatic heterocycles. The van der Waals surface area contributed by atoms with Gasteiger partial charge in [-0.2, -0.15) is 0 Å². The van der Waals surface area contributed by atoms with Gasteiger partial charge in [0.2, 0.25) is 0 Å². The largest absolute Gasteiger partial charge is 0.462 e. The van der Waals surface area contributed by atoms with E-state index in [0.717, 1.165) is 11.3 Å². The molecule has 0 radical (unpaired) electrons. The molecule has 0 bridgehead atoms. The summed E-state index contributed by atoms with van der Waals surface area (Å²) < 4.78 is 18.0. The maximum absolute atomic E-state index is 12.7. The standard InChI is InChI=1S/C20H22N4O6S/c1-13-6-5-7-21-18(13)12-31(28)20-22-16-10-14(2)15(11-17(16)23-20)19(25)29-8-3-4-9-30-24(26)27/h5-7,10-11H,3-4,8-9,12H2,1-2H3,(H,22,23). The Morgan fingerprint density at radius 3 is 2.74 bits per heavy atom. The van der Waals surface area contributed by atoms with Crippen LogP contribution in [0.3, 0.4) is 0 Å². The van der Waals surface area contributed by atoms with Crippen LogP contribution in [0.2, 0.25) is 0 Å². The summed E-state index contributed by atoms with van der Waals surface area (Å²) in [5.74, 6) is -0.273. The Hall–Kier alpha value is -3.34. The lowest BCUT2D eigenvalue weighted by molar-refractivity contribution is -0.757. The molecule has 31 heavy (non-hydrogen) atoms. The Morgan fingerprint density at radius 2 is 2.00 bits per heavy atom. The lowest BCUT2D eigenvalue weighted by atomic mass is 10.1. The number of aryl methyl sites for hydroxylation is 2. The Kier molecular flexibility index (Phi) is 7.29. The minimum Gasteiger partial charge on any atom is -0.462 e. The fourth-order valence-corrected chi connectivity index (χ4v) is 4.03. The van der Waals surface area contributed by atoms with E-state index >= 15 is 0 Å². The second-order valence-electron chi connectivity index (χ2n) is 6.88. The summed E-state index contributed by atoms with van der Waals surface area (Å²) in [6, 6.07) is 7.10. The fraction of sp³-hybridized carbons (Fsp3) is 0.350. The van der Waals surface area contributed by atoms with Gasteiger partial charge in [-0.25, -0.2) is 9.78 Å². The van der Waals surface area contributed by atoms with E-state index in [0.29, 0.717) is 40.2 Å². The van der Waals surface area contributed by atoms with E-state index in [2.05, 4.69) is 19.8 Å². The molecule has 11 heteroatoms. The summed E-state index contributed by atoms with van der Waals surface area (Å²) in [4.78, 5) is 38.4. The van der Waals surface area contributed by atoms with Crippen LogP contribution in [0.4, 0.5) is 0 Å². The number of ether oxygens (including phenoxy) is 1. The van der Waals surface area contributed by atoms with Gasteiger partial charge in [-0.1, -0.05) is 6.07 Å². The number of carbonyl (C=O) groups is 1. The molecule has 0 aliphatic carbocycles. The zero-order valence-electron chi connectivity index (χ0n) is 17.1. The average molecular weight is 446 g/mol. The highest BCUT2D eigenvalue weighted by Crippen LogP contribution is 2.21. The minimum atomic E-state index is -1.42. The smallest absolute Gasteiger partial charge is 0.338 e. The van der Waals surface area contributed by atoms with Crippen LogP contribution in [-0.2, 0) is 26.1 Å².